The van der Waals surface area contributed by atoms with Gasteiger partial charge in [0.15, 0.2) is 0 Å². The van der Waals surface area contributed by atoms with Gasteiger partial charge in [-0.2, -0.15) is 13.2 Å². The van der Waals surface area contributed by atoms with Crippen LogP contribution >= 0.6 is 0 Å². The smallest absolute Gasteiger partial charge is 0.369 e. The lowest BCUT2D eigenvalue weighted by atomic mass is 9.80. The molecule has 1 saturated carbocycles. The monoisotopic (exact) mass is 294 g/mol. The predicted molar refractivity (Wildman–Crippen MR) is 67.5 cm³/mol. The lowest BCUT2D eigenvalue weighted by Crippen LogP contribution is -2.45. The van der Waals surface area contributed by atoms with Gasteiger partial charge in [0.2, 0.25) is 11.8 Å². The molecule has 0 aromatic rings. The first-order chi connectivity index (χ1) is 9.04. The van der Waals surface area contributed by atoms with Crippen molar-refractivity contribution in [3.63, 3.8) is 0 Å². The molecule has 0 unspecified atom stereocenters. The minimum absolute atomic E-state index is 0.0361. The van der Waals surface area contributed by atoms with Gasteiger partial charge >= 0.3 is 6.18 Å². The van der Waals surface area contributed by atoms with Crippen molar-refractivity contribution < 1.29 is 22.8 Å². The van der Waals surface area contributed by atoms with Crippen molar-refractivity contribution in [1.82, 2.24) is 5.32 Å². The third-order valence-electron chi connectivity index (χ3n) is 3.88. The summed E-state index contributed by atoms with van der Waals surface area (Å²) in [6.45, 7) is 3.19. The number of alkyl halides is 3. The van der Waals surface area contributed by atoms with Crippen LogP contribution in [0.2, 0.25) is 0 Å². The normalized spacial score (nSPS) is 24.2. The second-order valence-corrected chi connectivity index (χ2v) is 6.07. The van der Waals surface area contributed by atoms with E-state index in [1.165, 1.54) is 0 Å². The van der Waals surface area contributed by atoms with Gasteiger partial charge in [-0.3, -0.25) is 9.59 Å². The number of hydrogen-bond donors (Lipinski definition) is 2. The summed E-state index contributed by atoms with van der Waals surface area (Å²) in [7, 11) is 0. The number of carbonyl (C=O) groups is 2. The fraction of sp³-hybridized carbons (Fsp3) is 0.846. The Hall–Kier alpha value is -1.27. The summed E-state index contributed by atoms with van der Waals surface area (Å²) in [6.07, 6.45) is -3.49. The van der Waals surface area contributed by atoms with Crippen molar-refractivity contribution in [3.8, 4) is 0 Å². The average Bonchev–Trinajstić information content (AvgIpc) is 2.35. The molecule has 1 fully saturated rings. The molecule has 1 aliphatic rings. The van der Waals surface area contributed by atoms with Crippen LogP contribution in [0.4, 0.5) is 13.2 Å². The largest absolute Gasteiger partial charge is 0.391 e. The van der Waals surface area contributed by atoms with Gasteiger partial charge in [-0.25, -0.2) is 0 Å². The van der Waals surface area contributed by atoms with Crippen LogP contribution in [0.15, 0.2) is 0 Å². The fourth-order valence-electron chi connectivity index (χ4n) is 2.26. The van der Waals surface area contributed by atoms with Crippen molar-refractivity contribution >= 4 is 11.8 Å². The number of carbonyl (C=O) groups excluding carboxylic acids is 2. The van der Waals surface area contributed by atoms with E-state index in [2.05, 4.69) is 5.32 Å². The molecule has 0 bridgehead atoms. The van der Waals surface area contributed by atoms with E-state index in [1.54, 1.807) is 13.8 Å². The summed E-state index contributed by atoms with van der Waals surface area (Å²) in [5, 5.41) is 2.54. The van der Waals surface area contributed by atoms with E-state index in [0.717, 1.165) is 0 Å². The number of primary amides is 1. The third-order valence-corrected chi connectivity index (χ3v) is 3.88. The number of hydrogen-bond acceptors (Lipinski definition) is 2. The lowest BCUT2D eigenvalue weighted by Gasteiger charge is -2.30. The Bertz CT molecular complexity index is 380. The molecule has 2 atom stereocenters. The van der Waals surface area contributed by atoms with Crippen LogP contribution in [-0.2, 0) is 9.59 Å². The Kier molecular flexibility index (Phi) is 5.05. The molecule has 20 heavy (non-hydrogen) atoms. The molecule has 3 N–H and O–H groups in total. The predicted octanol–water partition coefficient (Wildman–Crippen LogP) is 1.98. The standard InChI is InChI=1S/C13H21F3N2O2/c1-12(2,11(17)20)7-18-10(19)8-4-3-5-9(6-8)13(14,15)16/h8-9H,3-7H2,1-2H3,(H2,17,20)(H,18,19)/t8-,9-/m0/s1. The fourth-order valence-corrected chi connectivity index (χ4v) is 2.26. The van der Waals surface area contributed by atoms with Crippen molar-refractivity contribution in [2.75, 3.05) is 6.54 Å². The first-order valence-corrected chi connectivity index (χ1v) is 6.68. The third kappa shape index (κ3) is 4.38. The Balaban J connectivity index is 2.54. The van der Waals surface area contributed by atoms with Gasteiger partial charge in [-0.05, 0) is 33.1 Å². The Labute approximate surface area is 116 Å². The van der Waals surface area contributed by atoms with Crippen molar-refractivity contribution in [2.24, 2.45) is 23.0 Å². The first kappa shape index (κ1) is 16.8. The molecule has 0 aliphatic heterocycles. The van der Waals surface area contributed by atoms with Crippen LogP contribution in [0.25, 0.3) is 0 Å². The molecular weight excluding hydrogens is 273 g/mol. The van der Waals surface area contributed by atoms with Crippen LogP contribution in [0, 0.1) is 17.3 Å². The van der Waals surface area contributed by atoms with E-state index < -0.39 is 35.2 Å². The molecule has 0 radical (unpaired) electrons. The summed E-state index contributed by atoms with van der Waals surface area (Å²) in [5.74, 6) is -3.03. The van der Waals surface area contributed by atoms with Crippen LogP contribution in [-0.4, -0.2) is 24.5 Å². The van der Waals surface area contributed by atoms with Gasteiger partial charge in [-0.15, -0.1) is 0 Å². The highest BCUT2D eigenvalue weighted by Gasteiger charge is 2.43. The number of amides is 2. The van der Waals surface area contributed by atoms with Crippen molar-refractivity contribution in [3.05, 3.63) is 0 Å². The molecule has 0 heterocycles. The Morgan fingerprint density at radius 2 is 1.85 bits per heavy atom. The maximum Gasteiger partial charge on any atom is 0.391 e. The van der Waals surface area contributed by atoms with E-state index in [0.29, 0.717) is 12.8 Å². The maximum atomic E-state index is 12.7. The van der Waals surface area contributed by atoms with Crippen molar-refractivity contribution in [1.29, 1.82) is 0 Å². The van der Waals surface area contributed by atoms with E-state index in [-0.39, 0.29) is 19.4 Å². The molecule has 1 aliphatic carbocycles. The number of nitrogens with one attached hydrogen (secondary N) is 1. The minimum Gasteiger partial charge on any atom is -0.369 e. The summed E-state index contributed by atoms with van der Waals surface area (Å²) >= 11 is 0. The highest BCUT2D eigenvalue weighted by molar-refractivity contribution is 5.82. The van der Waals surface area contributed by atoms with Gasteiger partial charge < -0.3 is 11.1 Å². The molecule has 0 aromatic carbocycles. The van der Waals surface area contributed by atoms with Crippen LogP contribution in [0.5, 0.6) is 0 Å². The highest BCUT2D eigenvalue weighted by Crippen LogP contribution is 2.39. The molecular formula is C13H21F3N2O2. The van der Waals surface area contributed by atoms with Gasteiger partial charge in [0, 0.05) is 12.5 Å². The minimum atomic E-state index is -4.24. The molecule has 0 saturated heterocycles. The summed E-state index contributed by atoms with van der Waals surface area (Å²) in [6, 6.07) is 0. The first-order valence-electron chi connectivity index (χ1n) is 6.68. The number of nitrogens with two attached hydrogens (primary N) is 1. The Morgan fingerprint density at radius 1 is 1.25 bits per heavy atom. The maximum absolute atomic E-state index is 12.7. The SMILES string of the molecule is CC(C)(CNC(=O)[C@H]1CCC[C@H](C(F)(F)F)C1)C(N)=O. The average molecular weight is 294 g/mol. The van der Waals surface area contributed by atoms with E-state index in [9.17, 15) is 22.8 Å². The second-order valence-electron chi connectivity index (χ2n) is 6.07. The number of rotatable bonds is 4. The van der Waals surface area contributed by atoms with E-state index >= 15 is 0 Å². The topological polar surface area (TPSA) is 72.2 Å². The molecule has 1 rings (SSSR count). The lowest BCUT2D eigenvalue weighted by molar-refractivity contribution is -0.186. The van der Waals surface area contributed by atoms with E-state index in [1.807, 2.05) is 0 Å². The molecule has 7 heteroatoms. The summed E-state index contributed by atoms with van der Waals surface area (Å²) in [5.41, 5.74) is 4.27. The summed E-state index contributed by atoms with van der Waals surface area (Å²) in [4.78, 5) is 23.0. The van der Waals surface area contributed by atoms with Gasteiger partial charge in [0.25, 0.3) is 0 Å². The summed E-state index contributed by atoms with van der Waals surface area (Å²) < 4.78 is 38.0. The zero-order valence-corrected chi connectivity index (χ0v) is 11.7. The second kappa shape index (κ2) is 6.01. The van der Waals surface area contributed by atoms with Gasteiger partial charge in [-0.1, -0.05) is 6.42 Å². The Morgan fingerprint density at radius 3 is 2.35 bits per heavy atom. The molecule has 116 valence electrons. The zero-order valence-electron chi connectivity index (χ0n) is 11.7. The highest BCUT2D eigenvalue weighted by atomic mass is 19.4. The molecule has 4 nitrogen and oxygen atoms in total. The molecule has 2 amide bonds. The molecule has 0 aromatic heterocycles. The van der Waals surface area contributed by atoms with Crippen LogP contribution in [0.3, 0.4) is 0 Å². The van der Waals surface area contributed by atoms with Crippen molar-refractivity contribution in [2.45, 2.75) is 45.7 Å². The molecule has 0 spiro atoms. The van der Waals surface area contributed by atoms with E-state index in [4.69, 9.17) is 5.73 Å². The van der Waals surface area contributed by atoms with Gasteiger partial charge in [0.05, 0.1) is 11.3 Å². The zero-order chi connectivity index (χ0) is 15.6. The van der Waals surface area contributed by atoms with Crippen LogP contribution < -0.4 is 11.1 Å². The number of halogens is 3. The van der Waals surface area contributed by atoms with Crippen LogP contribution in [0.1, 0.15) is 39.5 Å². The van der Waals surface area contributed by atoms with Gasteiger partial charge in [0.1, 0.15) is 0 Å². The quantitative estimate of drug-likeness (QED) is 0.832.